The summed E-state index contributed by atoms with van der Waals surface area (Å²) >= 11 is 0. The van der Waals surface area contributed by atoms with Crippen molar-refractivity contribution >= 4 is 11.6 Å². The maximum absolute atomic E-state index is 5.81. The van der Waals surface area contributed by atoms with Crippen molar-refractivity contribution in [2.75, 3.05) is 17.6 Å². The van der Waals surface area contributed by atoms with Crippen LogP contribution in [-0.2, 0) is 12.8 Å². The van der Waals surface area contributed by atoms with Gasteiger partial charge in [0.05, 0.1) is 0 Å². The number of nitrogens with zero attached hydrogens (tertiary/aromatic N) is 3. The number of aromatic nitrogens is 3. The lowest BCUT2D eigenvalue weighted by molar-refractivity contribution is 0.969. The number of pyridine rings is 1. The van der Waals surface area contributed by atoms with Crippen molar-refractivity contribution in [3.05, 3.63) is 42.0 Å². The van der Waals surface area contributed by atoms with E-state index in [-0.39, 0.29) is 0 Å². The number of nitrogens with two attached hydrogens (primary N) is 1. The molecule has 0 aliphatic rings. The minimum Gasteiger partial charge on any atom is -0.383 e. The summed E-state index contributed by atoms with van der Waals surface area (Å²) in [6, 6.07) is 4.00. The highest BCUT2D eigenvalue weighted by atomic mass is 15.0. The Morgan fingerprint density at radius 2 is 2.22 bits per heavy atom. The van der Waals surface area contributed by atoms with Crippen LogP contribution in [-0.4, -0.2) is 21.5 Å². The third kappa shape index (κ3) is 2.94. The summed E-state index contributed by atoms with van der Waals surface area (Å²) in [7, 11) is 0. The summed E-state index contributed by atoms with van der Waals surface area (Å²) in [6.45, 7) is 2.84. The van der Waals surface area contributed by atoms with Gasteiger partial charge in [-0.1, -0.05) is 13.0 Å². The first-order chi connectivity index (χ1) is 8.81. The predicted molar refractivity (Wildman–Crippen MR) is 72.3 cm³/mol. The minimum atomic E-state index is 0.552. The minimum absolute atomic E-state index is 0.552. The molecule has 3 N–H and O–H groups in total. The van der Waals surface area contributed by atoms with Crippen LogP contribution in [0.2, 0.25) is 0 Å². The van der Waals surface area contributed by atoms with Gasteiger partial charge in [0, 0.05) is 24.5 Å². The average molecular weight is 243 g/mol. The fourth-order valence-corrected chi connectivity index (χ4v) is 1.80. The Labute approximate surface area is 106 Å². The standard InChI is InChI=1S/C13H17N5/c1-2-11-12(14)17-9-18-13(11)16-7-5-10-4-3-6-15-8-10/h3-4,6,8-9H,2,5,7H2,1H3,(H3,14,16,17,18). The molecule has 0 fully saturated rings. The molecule has 2 aromatic rings. The van der Waals surface area contributed by atoms with E-state index in [1.54, 1.807) is 6.20 Å². The molecule has 5 nitrogen and oxygen atoms in total. The average Bonchev–Trinajstić information content (AvgIpc) is 2.40. The van der Waals surface area contributed by atoms with Gasteiger partial charge in [0.25, 0.3) is 0 Å². The van der Waals surface area contributed by atoms with Crippen LogP contribution in [0.3, 0.4) is 0 Å². The topological polar surface area (TPSA) is 76.7 Å². The van der Waals surface area contributed by atoms with Crippen molar-refractivity contribution in [1.82, 2.24) is 15.0 Å². The lowest BCUT2D eigenvalue weighted by Gasteiger charge is -2.10. The van der Waals surface area contributed by atoms with Gasteiger partial charge in [-0.15, -0.1) is 0 Å². The van der Waals surface area contributed by atoms with E-state index in [0.717, 1.165) is 30.8 Å². The number of nitrogens with one attached hydrogen (secondary N) is 1. The first-order valence-corrected chi connectivity index (χ1v) is 6.03. The maximum Gasteiger partial charge on any atom is 0.134 e. The molecule has 0 unspecified atom stereocenters. The van der Waals surface area contributed by atoms with Crippen LogP contribution in [0.4, 0.5) is 11.6 Å². The predicted octanol–water partition coefficient (Wildman–Crippen LogP) is 1.67. The molecular weight excluding hydrogens is 226 g/mol. The molecule has 0 aliphatic carbocycles. The van der Waals surface area contributed by atoms with Gasteiger partial charge in [-0.05, 0) is 24.5 Å². The SMILES string of the molecule is CCc1c(N)ncnc1NCCc1cccnc1. The first kappa shape index (κ1) is 12.3. The highest BCUT2D eigenvalue weighted by molar-refractivity contribution is 5.54. The molecule has 0 saturated heterocycles. The van der Waals surface area contributed by atoms with Crippen LogP contribution in [0, 0.1) is 0 Å². The molecule has 2 rings (SSSR count). The first-order valence-electron chi connectivity index (χ1n) is 6.03. The van der Waals surface area contributed by atoms with Gasteiger partial charge >= 0.3 is 0 Å². The third-order valence-corrected chi connectivity index (χ3v) is 2.76. The van der Waals surface area contributed by atoms with E-state index in [4.69, 9.17) is 5.73 Å². The molecule has 18 heavy (non-hydrogen) atoms. The molecule has 0 spiro atoms. The van der Waals surface area contributed by atoms with Gasteiger partial charge in [-0.2, -0.15) is 0 Å². The van der Waals surface area contributed by atoms with Crippen LogP contribution in [0.25, 0.3) is 0 Å². The van der Waals surface area contributed by atoms with E-state index in [1.165, 1.54) is 11.9 Å². The van der Waals surface area contributed by atoms with Crippen molar-refractivity contribution in [2.24, 2.45) is 0 Å². The Morgan fingerprint density at radius 1 is 1.33 bits per heavy atom. The molecule has 2 aromatic heterocycles. The number of rotatable bonds is 5. The van der Waals surface area contributed by atoms with Crippen molar-refractivity contribution in [1.29, 1.82) is 0 Å². The molecule has 0 bridgehead atoms. The Hall–Kier alpha value is -2.17. The summed E-state index contributed by atoms with van der Waals surface area (Å²) in [5, 5.41) is 3.29. The third-order valence-electron chi connectivity index (χ3n) is 2.76. The van der Waals surface area contributed by atoms with Gasteiger partial charge in [0.1, 0.15) is 18.0 Å². The Balaban J connectivity index is 1.96. The van der Waals surface area contributed by atoms with E-state index < -0.39 is 0 Å². The van der Waals surface area contributed by atoms with E-state index >= 15 is 0 Å². The highest BCUT2D eigenvalue weighted by Gasteiger charge is 2.06. The molecular formula is C13H17N5. The van der Waals surface area contributed by atoms with Crippen LogP contribution in [0.15, 0.2) is 30.9 Å². The Kier molecular flexibility index (Phi) is 4.06. The fraction of sp³-hybridized carbons (Fsp3) is 0.308. The van der Waals surface area contributed by atoms with Gasteiger partial charge < -0.3 is 11.1 Å². The van der Waals surface area contributed by atoms with Gasteiger partial charge in [0.2, 0.25) is 0 Å². The van der Waals surface area contributed by atoms with E-state index in [0.29, 0.717) is 5.82 Å². The molecule has 0 aliphatic heterocycles. The molecule has 0 amide bonds. The van der Waals surface area contributed by atoms with E-state index in [2.05, 4.69) is 26.3 Å². The molecule has 0 saturated carbocycles. The Bertz CT molecular complexity index is 498. The van der Waals surface area contributed by atoms with Gasteiger partial charge in [0.15, 0.2) is 0 Å². The van der Waals surface area contributed by atoms with E-state index in [1.807, 2.05) is 19.2 Å². The highest BCUT2D eigenvalue weighted by Crippen LogP contribution is 2.17. The van der Waals surface area contributed by atoms with Crippen LogP contribution in [0.1, 0.15) is 18.1 Å². The molecule has 0 atom stereocenters. The van der Waals surface area contributed by atoms with Gasteiger partial charge in [-0.25, -0.2) is 9.97 Å². The quantitative estimate of drug-likeness (QED) is 0.835. The van der Waals surface area contributed by atoms with Gasteiger partial charge in [-0.3, -0.25) is 4.98 Å². The van der Waals surface area contributed by atoms with Crippen molar-refractivity contribution < 1.29 is 0 Å². The number of nitrogen functional groups attached to an aromatic ring is 1. The summed E-state index contributed by atoms with van der Waals surface area (Å²) < 4.78 is 0. The molecule has 0 radical (unpaired) electrons. The zero-order chi connectivity index (χ0) is 12.8. The zero-order valence-corrected chi connectivity index (χ0v) is 10.4. The molecule has 2 heterocycles. The van der Waals surface area contributed by atoms with Crippen LogP contribution < -0.4 is 11.1 Å². The lowest BCUT2D eigenvalue weighted by atomic mass is 10.2. The second-order valence-electron chi connectivity index (χ2n) is 3.98. The Morgan fingerprint density at radius 3 is 2.94 bits per heavy atom. The second-order valence-corrected chi connectivity index (χ2v) is 3.98. The summed E-state index contributed by atoms with van der Waals surface area (Å²) in [4.78, 5) is 12.3. The monoisotopic (exact) mass is 243 g/mol. The zero-order valence-electron chi connectivity index (χ0n) is 10.4. The number of anilines is 2. The molecule has 94 valence electrons. The van der Waals surface area contributed by atoms with Crippen LogP contribution >= 0.6 is 0 Å². The summed E-state index contributed by atoms with van der Waals surface area (Å²) in [5.74, 6) is 1.38. The van der Waals surface area contributed by atoms with E-state index in [9.17, 15) is 0 Å². The lowest BCUT2D eigenvalue weighted by Crippen LogP contribution is -2.10. The number of hydrogen-bond donors (Lipinski definition) is 2. The van der Waals surface area contributed by atoms with Crippen molar-refractivity contribution in [3.63, 3.8) is 0 Å². The molecule has 0 aromatic carbocycles. The maximum atomic E-state index is 5.81. The largest absolute Gasteiger partial charge is 0.383 e. The summed E-state index contributed by atoms with van der Waals surface area (Å²) in [6.07, 6.45) is 6.86. The number of hydrogen-bond acceptors (Lipinski definition) is 5. The van der Waals surface area contributed by atoms with Crippen molar-refractivity contribution in [3.8, 4) is 0 Å². The second kappa shape index (κ2) is 5.95. The summed E-state index contributed by atoms with van der Waals surface area (Å²) in [5.41, 5.74) is 7.99. The molecule has 5 heteroatoms. The smallest absolute Gasteiger partial charge is 0.134 e. The fourth-order valence-electron chi connectivity index (χ4n) is 1.80. The normalized spacial score (nSPS) is 10.3. The van der Waals surface area contributed by atoms with Crippen LogP contribution in [0.5, 0.6) is 0 Å². The van der Waals surface area contributed by atoms with Crippen molar-refractivity contribution in [2.45, 2.75) is 19.8 Å².